The van der Waals surface area contributed by atoms with E-state index in [9.17, 15) is 0 Å². The molecule has 1 radical (unpaired) electrons. The van der Waals surface area contributed by atoms with Gasteiger partial charge in [-0.2, -0.15) is 36.4 Å². The van der Waals surface area contributed by atoms with Crippen LogP contribution in [0.4, 0.5) is 0 Å². The molecule has 2 heterocycles. The summed E-state index contributed by atoms with van der Waals surface area (Å²) in [6.07, 6.45) is 8.67. The number of hydrogen-bond acceptors (Lipinski definition) is 2. The third-order valence-corrected chi connectivity index (χ3v) is 1.03. The minimum Gasteiger partial charge on any atom is -0.394 e. The fourth-order valence-electron chi connectivity index (χ4n) is 0.555. The maximum absolute atomic E-state index is 3.66. The van der Waals surface area contributed by atoms with Crippen molar-refractivity contribution in [3.8, 4) is 0 Å². The Kier molecular flexibility index (Phi) is 31.7. The van der Waals surface area contributed by atoms with Crippen LogP contribution in [0.15, 0.2) is 48.8 Å². The Morgan fingerprint density at radius 1 is 0.625 bits per heavy atom. The number of halogens is 3. The molecule has 0 spiro atoms. The van der Waals surface area contributed by atoms with Gasteiger partial charge in [-0.3, -0.25) is 0 Å². The monoisotopic (exact) mass is 357 g/mol. The maximum Gasteiger partial charge on any atom is 2.00 e. The third-order valence-electron chi connectivity index (χ3n) is 1.03. The van der Waals surface area contributed by atoms with Crippen molar-refractivity contribution in [1.29, 1.82) is 0 Å². The van der Waals surface area contributed by atoms with E-state index in [0.29, 0.717) is 0 Å². The van der Waals surface area contributed by atoms with Crippen molar-refractivity contribution in [3.05, 3.63) is 61.2 Å². The summed E-state index contributed by atoms with van der Waals surface area (Å²) >= 11 is 0. The molecule has 0 N–H and O–H groups in total. The molecule has 0 aromatic carbocycles. The Balaban J connectivity index is -0.0000000720. The van der Waals surface area contributed by atoms with Crippen molar-refractivity contribution >= 4 is 37.2 Å². The Labute approximate surface area is 130 Å². The molecule has 2 rings (SSSR count). The molecule has 2 aromatic heterocycles. The van der Waals surface area contributed by atoms with Crippen LogP contribution in [-0.4, -0.2) is 9.97 Å². The van der Waals surface area contributed by atoms with Crippen LogP contribution in [-0.2, 0) is 22.4 Å². The Bertz CT molecular complexity index is 199. The second-order valence-electron chi connectivity index (χ2n) is 1.92. The maximum atomic E-state index is 3.66. The van der Waals surface area contributed by atoms with E-state index in [1.165, 1.54) is 0 Å². The summed E-state index contributed by atoms with van der Waals surface area (Å²) in [5.41, 5.74) is 0. The zero-order valence-corrected chi connectivity index (χ0v) is 12.8. The minimum atomic E-state index is 0. The topological polar surface area (TPSA) is 25.8 Å². The van der Waals surface area contributed by atoms with Gasteiger partial charge in [-0.1, -0.05) is 24.8 Å². The van der Waals surface area contributed by atoms with Gasteiger partial charge in [-0.05, 0) is 0 Å². The van der Waals surface area contributed by atoms with Gasteiger partial charge in [0.25, 0.3) is 0 Å². The van der Waals surface area contributed by atoms with Crippen LogP contribution in [0.25, 0.3) is 0 Å². The molecule has 0 saturated carbocycles. The second-order valence-corrected chi connectivity index (χ2v) is 1.92. The normalized spacial score (nSPS) is 6.00. The number of aromatic nitrogens is 2. The number of pyridine rings is 2. The van der Waals surface area contributed by atoms with Crippen LogP contribution in [0.1, 0.15) is 0 Å². The molecule has 0 saturated heterocycles. The van der Waals surface area contributed by atoms with Crippen molar-refractivity contribution in [3.63, 3.8) is 0 Å². The van der Waals surface area contributed by atoms with Crippen molar-refractivity contribution in [1.82, 2.24) is 9.97 Å². The molecular weight excluding hydrogens is 347 g/mol. The Morgan fingerprint density at radius 2 is 1.00 bits per heavy atom. The van der Waals surface area contributed by atoms with Crippen LogP contribution in [0.3, 0.4) is 0 Å². The van der Waals surface area contributed by atoms with Gasteiger partial charge < -0.3 is 9.97 Å². The first-order valence-electron chi connectivity index (χ1n) is 3.54. The first-order valence-corrected chi connectivity index (χ1v) is 3.54. The van der Waals surface area contributed by atoms with Gasteiger partial charge in [0.1, 0.15) is 0 Å². The molecule has 0 fully saturated rings. The zero-order chi connectivity index (χ0) is 8.49. The van der Waals surface area contributed by atoms with E-state index in [-0.39, 0.29) is 59.6 Å². The van der Waals surface area contributed by atoms with Gasteiger partial charge in [0, 0.05) is 0 Å². The van der Waals surface area contributed by atoms with E-state index >= 15 is 0 Å². The quantitative estimate of drug-likeness (QED) is 0.534. The van der Waals surface area contributed by atoms with Crippen molar-refractivity contribution in [2.24, 2.45) is 0 Å². The molecule has 87 valence electrons. The minimum absolute atomic E-state index is 0. The summed E-state index contributed by atoms with van der Waals surface area (Å²) in [5, 5.41) is 0. The molecule has 0 atom stereocenters. The van der Waals surface area contributed by atoms with E-state index < -0.39 is 0 Å². The summed E-state index contributed by atoms with van der Waals surface area (Å²) in [5.74, 6) is 0. The standard InChI is InChI=1S/2C5H4N.3ClH.Nb/c2*1-2-4-6-5-3-1;;;;/h2*1-4H;3*1H;/q2*-1;;;;+2. The molecule has 16 heavy (non-hydrogen) atoms. The molecule has 2 nitrogen and oxygen atoms in total. The van der Waals surface area contributed by atoms with Gasteiger partial charge in [0.2, 0.25) is 0 Å². The average molecular weight is 358 g/mol. The SMILES string of the molecule is Cl.Cl.Cl.[Nb+2].[c-]1ccccn1.[c-]1ccccn1. The first kappa shape index (κ1) is 24.9. The van der Waals surface area contributed by atoms with Gasteiger partial charge in [-0.15, -0.1) is 37.2 Å². The molecule has 0 unspecified atom stereocenters. The molecular formula is C10H11Cl3N2Nb. The van der Waals surface area contributed by atoms with E-state index in [1.54, 1.807) is 24.5 Å². The van der Waals surface area contributed by atoms with Crippen molar-refractivity contribution < 1.29 is 22.4 Å². The summed E-state index contributed by atoms with van der Waals surface area (Å²) in [4.78, 5) is 7.32. The molecule has 2 aromatic rings. The molecule has 0 aliphatic rings. The van der Waals surface area contributed by atoms with Crippen molar-refractivity contribution in [2.45, 2.75) is 0 Å². The van der Waals surface area contributed by atoms with Crippen LogP contribution in [0.2, 0.25) is 0 Å². The van der Waals surface area contributed by atoms with Gasteiger partial charge in [0.05, 0.1) is 0 Å². The van der Waals surface area contributed by atoms with Crippen LogP contribution >= 0.6 is 37.2 Å². The Hall–Kier alpha value is -0.0897. The molecule has 0 aliphatic heterocycles. The molecule has 6 heteroatoms. The molecule has 0 amide bonds. The summed E-state index contributed by atoms with van der Waals surface area (Å²) < 4.78 is 0. The summed E-state index contributed by atoms with van der Waals surface area (Å²) in [6.45, 7) is 0. The summed E-state index contributed by atoms with van der Waals surface area (Å²) in [6, 6.07) is 11.0. The van der Waals surface area contributed by atoms with Gasteiger partial charge >= 0.3 is 22.4 Å². The van der Waals surface area contributed by atoms with Crippen LogP contribution in [0.5, 0.6) is 0 Å². The van der Waals surface area contributed by atoms with Gasteiger partial charge in [0.15, 0.2) is 0 Å². The predicted octanol–water partition coefficient (Wildman–Crippen LogP) is 3.03. The molecule has 0 aliphatic carbocycles. The number of hydrogen-bond donors (Lipinski definition) is 0. The van der Waals surface area contributed by atoms with E-state index in [0.717, 1.165) is 0 Å². The first-order chi connectivity index (χ1) is 6.00. The third kappa shape index (κ3) is 16.3. The van der Waals surface area contributed by atoms with Crippen LogP contribution < -0.4 is 0 Å². The molecule has 0 bridgehead atoms. The average Bonchev–Trinajstić information content (AvgIpc) is 2.24. The fourth-order valence-corrected chi connectivity index (χ4v) is 0.555. The van der Waals surface area contributed by atoms with Crippen molar-refractivity contribution in [2.75, 3.05) is 0 Å². The number of rotatable bonds is 0. The van der Waals surface area contributed by atoms with E-state index in [2.05, 4.69) is 22.4 Å². The fraction of sp³-hybridized carbons (Fsp3) is 0. The Morgan fingerprint density at radius 3 is 1.06 bits per heavy atom. The van der Waals surface area contributed by atoms with E-state index in [1.807, 2.05) is 24.3 Å². The second kappa shape index (κ2) is 20.3. The van der Waals surface area contributed by atoms with Crippen LogP contribution in [0, 0.1) is 12.4 Å². The van der Waals surface area contributed by atoms with E-state index in [4.69, 9.17) is 0 Å². The number of nitrogens with zero attached hydrogens (tertiary/aromatic N) is 2. The predicted molar refractivity (Wildman–Crippen MR) is 67.9 cm³/mol. The smallest absolute Gasteiger partial charge is 0.394 e. The largest absolute Gasteiger partial charge is 2.00 e. The summed E-state index contributed by atoms with van der Waals surface area (Å²) in [7, 11) is 0. The zero-order valence-electron chi connectivity index (χ0n) is 8.19. The van der Waals surface area contributed by atoms with Gasteiger partial charge in [-0.25, -0.2) is 0 Å².